The Morgan fingerprint density at radius 2 is 1.94 bits per heavy atom. The lowest BCUT2D eigenvalue weighted by Gasteiger charge is -2.55. The van der Waals surface area contributed by atoms with Gasteiger partial charge in [0, 0.05) is 5.54 Å². The standard InChI is InChI=1S/C15H27N/c1-11(2)12-6-9-14(3)7-5-8-15(4,16)13(14)10-12/h12-13H,1,5-10,16H2,2-4H3/t12?,13?,14-,15-/m1/s1. The number of hydrogen-bond donors (Lipinski definition) is 1. The Labute approximate surface area is 100 Å². The van der Waals surface area contributed by atoms with Crippen molar-refractivity contribution >= 4 is 0 Å². The normalized spacial score (nSPS) is 48.5. The summed E-state index contributed by atoms with van der Waals surface area (Å²) in [6.07, 6.45) is 7.86. The van der Waals surface area contributed by atoms with E-state index in [0.29, 0.717) is 11.3 Å². The molecule has 2 unspecified atom stereocenters. The molecular weight excluding hydrogens is 194 g/mol. The smallest absolute Gasteiger partial charge is 0.0159 e. The van der Waals surface area contributed by atoms with Crippen LogP contribution in [0, 0.1) is 17.3 Å². The second-order valence-corrected chi connectivity index (χ2v) is 6.88. The molecule has 0 aromatic carbocycles. The zero-order valence-corrected chi connectivity index (χ0v) is 11.2. The minimum atomic E-state index is 0.0567. The van der Waals surface area contributed by atoms with Crippen LogP contribution in [-0.2, 0) is 0 Å². The molecule has 0 aromatic heterocycles. The second kappa shape index (κ2) is 3.87. The van der Waals surface area contributed by atoms with Crippen LogP contribution < -0.4 is 5.73 Å². The molecular formula is C15H27N. The third-order valence-corrected chi connectivity index (χ3v) is 5.38. The van der Waals surface area contributed by atoms with E-state index in [-0.39, 0.29) is 5.54 Å². The average molecular weight is 221 g/mol. The average Bonchev–Trinajstić information content (AvgIpc) is 2.15. The lowest BCUT2D eigenvalue weighted by atomic mass is 9.52. The van der Waals surface area contributed by atoms with Crippen LogP contribution in [0.25, 0.3) is 0 Å². The maximum atomic E-state index is 6.55. The first-order valence-electron chi connectivity index (χ1n) is 6.79. The molecule has 0 aromatic rings. The van der Waals surface area contributed by atoms with E-state index in [1.807, 2.05) is 0 Å². The van der Waals surface area contributed by atoms with Gasteiger partial charge in [-0.05, 0) is 63.2 Å². The molecule has 0 saturated heterocycles. The van der Waals surface area contributed by atoms with Crippen molar-refractivity contribution in [2.24, 2.45) is 23.0 Å². The first-order valence-corrected chi connectivity index (χ1v) is 6.79. The molecule has 4 atom stereocenters. The van der Waals surface area contributed by atoms with Crippen molar-refractivity contribution in [3.63, 3.8) is 0 Å². The molecule has 0 heterocycles. The Balaban J connectivity index is 2.21. The summed E-state index contributed by atoms with van der Waals surface area (Å²) in [7, 11) is 0. The molecule has 0 aliphatic heterocycles. The van der Waals surface area contributed by atoms with E-state index in [0.717, 1.165) is 5.92 Å². The summed E-state index contributed by atoms with van der Waals surface area (Å²) >= 11 is 0. The molecule has 92 valence electrons. The highest BCUT2D eigenvalue weighted by molar-refractivity contribution is 5.08. The van der Waals surface area contributed by atoms with Crippen LogP contribution in [0.2, 0.25) is 0 Å². The summed E-state index contributed by atoms with van der Waals surface area (Å²) < 4.78 is 0. The maximum absolute atomic E-state index is 6.55. The minimum absolute atomic E-state index is 0.0567. The largest absolute Gasteiger partial charge is 0.325 e. The van der Waals surface area contributed by atoms with Crippen LogP contribution in [0.4, 0.5) is 0 Å². The summed E-state index contributed by atoms with van der Waals surface area (Å²) in [4.78, 5) is 0. The van der Waals surface area contributed by atoms with Gasteiger partial charge in [0.05, 0.1) is 0 Å². The van der Waals surface area contributed by atoms with Crippen LogP contribution in [-0.4, -0.2) is 5.54 Å². The maximum Gasteiger partial charge on any atom is 0.0159 e. The summed E-state index contributed by atoms with van der Waals surface area (Å²) in [5.41, 5.74) is 8.48. The molecule has 2 aliphatic rings. The van der Waals surface area contributed by atoms with Gasteiger partial charge >= 0.3 is 0 Å². The highest BCUT2D eigenvalue weighted by atomic mass is 14.8. The van der Waals surface area contributed by atoms with Gasteiger partial charge in [0.2, 0.25) is 0 Å². The molecule has 0 spiro atoms. The fourth-order valence-corrected chi connectivity index (χ4v) is 4.22. The highest BCUT2D eigenvalue weighted by Crippen LogP contribution is 2.55. The molecule has 1 heteroatoms. The van der Waals surface area contributed by atoms with E-state index < -0.39 is 0 Å². The molecule has 2 fully saturated rings. The van der Waals surface area contributed by atoms with Gasteiger partial charge in [0.15, 0.2) is 0 Å². The van der Waals surface area contributed by atoms with Gasteiger partial charge in [-0.25, -0.2) is 0 Å². The van der Waals surface area contributed by atoms with Crippen LogP contribution >= 0.6 is 0 Å². The molecule has 0 radical (unpaired) electrons. The van der Waals surface area contributed by atoms with Crippen molar-refractivity contribution < 1.29 is 0 Å². The molecule has 2 saturated carbocycles. The summed E-state index contributed by atoms with van der Waals surface area (Å²) in [5, 5.41) is 0. The van der Waals surface area contributed by atoms with Gasteiger partial charge in [-0.2, -0.15) is 0 Å². The lowest BCUT2D eigenvalue weighted by molar-refractivity contribution is -0.00848. The summed E-state index contributed by atoms with van der Waals surface area (Å²) in [6.45, 7) is 11.1. The van der Waals surface area contributed by atoms with E-state index in [1.165, 1.54) is 44.1 Å². The molecule has 16 heavy (non-hydrogen) atoms. The zero-order valence-electron chi connectivity index (χ0n) is 11.2. The number of allylic oxidation sites excluding steroid dienone is 1. The topological polar surface area (TPSA) is 26.0 Å². The van der Waals surface area contributed by atoms with Crippen molar-refractivity contribution in [3.05, 3.63) is 12.2 Å². The number of hydrogen-bond acceptors (Lipinski definition) is 1. The molecule has 0 amide bonds. The molecule has 2 rings (SSSR count). The lowest BCUT2D eigenvalue weighted by Crippen LogP contribution is -2.56. The van der Waals surface area contributed by atoms with E-state index >= 15 is 0 Å². The molecule has 1 nitrogen and oxygen atoms in total. The fraction of sp³-hybridized carbons (Fsp3) is 0.867. The Morgan fingerprint density at radius 3 is 2.56 bits per heavy atom. The Morgan fingerprint density at radius 1 is 1.25 bits per heavy atom. The van der Waals surface area contributed by atoms with E-state index in [1.54, 1.807) is 0 Å². The van der Waals surface area contributed by atoms with Crippen molar-refractivity contribution in [3.8, 4) is 0 Å². The third kappa shape index (κ3) is 1.95. The third-order valence-electron chi connectivity index (χ3n) is 5.38. The van der Waals surface area contributed by atoms with Crippen molar-refractivity contribution in [2.75, 3.05) is 0 Å². The predicted octanol–water partition coefficient (Wildman–Crippen LogP) is 3.89. The fourth-order valence-electron chi connectivity index (χ4n) is 4.22. The SMILES string of the molecule is C=C(C)C1CC[C@@]2(C)CCC[C@@](C)(N)C2C1. The number of fused-ring (bicyclic) bond motifs is 1. The Bertz CT molecular complexity index is 292. The Hall–Kier alpha value is -0.300. The van der Waals surface area contributed by atoms with Gasteiger partial charge in [-0.1, -0.05) is 25.5 Å². The van der Waals surface area contributed by atoms with Crippen molar-refractivity contribution in [1.82, 2.24) is 0 Å². The van der Waals surface area contributed by atoms with Crippen molar-refractivity contribution in [1.29, 1.82) is 0 Å². The monoisotopic (exact) mass is 221 g/mol. The number of rotatable bonds is 1. The molecule has 2 aliphatic carbocycles. The van der Waals surface area contributed by atoms with E-state index in [9.17, 15) is 0 Å². The minimum Gasteiger partial charge on any atom is -0.325 e. The van der Waals surface area contributed by atoms with Crippen molar-refractivity contribution in [2.45, 2.75) is 64.8 Å². The van der Waals surface area contributed by atoms with Gasteiger partial charge in [-0.15, -0.1) is 0 Å². The summed E-state index contributed by atoms with van der Waals surface area (Å²) in [6, 6.07) is 0. The predicted molar refractivity (Wildman–Crippen MR) is 70.2 cm³/mol. The van der Waals surface area contributed by atoms with Gasteiger partial charge in [0.1, 0.15) is 0 Å². The quantitative estimate of drug-likeness (QED) is 0.668. The van der Waals surface area contributed by atoms with E-state index in [4.69, 9.17) is 5.73 Å². The van der Waals surface area contributed by atoms with Crippen LogP contribution in [0.15, 0.2) is 12.2 Å². The highest BCUT2D eigenvalue weighted by Gasteiger charge is 2.49. The van der Waals surface area contributed by atoms with Crippen LogP contribution in [0.5, 0.6) is 0 Å². The zero-order chi connectivity index (χ0) is 12.0. The first-order chi connectivity index (χ1) is 7.35. The van der Waals surface area contributed by atoms with Gasteiger partial charge in [-0.3, -0.25) is 0 Å². The van der Waals surface area contributed by atoms with E-state index in [2.05, 4.69) is 27.4 Å². The number of nitrogens with two attached hydrogens (primary N) is 1. The van der Waals surface area contributed by atoms with Crippen LogP contribution in [0.1, 0.15) is 59.3 Å². The Kier molecular flexibility index (Phi) is 2.94. The summed E-state index contributed by atoms with van der Waals surface area (Å²) in [5.74, 6) is 1.42. The van der Waals surface area contributed by atoms with Gasteiger partial charge < -0.3 is 5.73 Å². The van der Waals surface area contributed by atoms with Gasteiger partial charge in [0.25, 0.3) is 0 Å². The molecule has 2 N–H and O–H groups in total. The van der Waals surface area contributed by atoms with Crippen LogP contribution in [0.3, 0.4) is 0 Å². The molecule has 0 bridgehead atoms. The second-order valence-electron chi connectivity index (χ2n) is 6.88. The first kappa shape index (κ1) is 12.2.